The number of H-pyrrole nitrogens is 1. The van der Waals surface area contributed by atoms with Crippen molar-refractivity contribution in [1.82, 2.24) is 15.1 Å². The fraction of sp³-hybridized carbons (Fsp3) is 0.0909. The van der Waals surface area contributed by atoms with Crippen LogP contribution in [0.1, 0.15) is 33.4 Å². The third-order valence-corrected chi connectivity index (χ3v) is 5.33. The molecule has 1 amide bonds. The number of furan rings is 1. The molecule has 6 nitrogen and oxygen atoms in total. The Bertz CT molecular complexity index is 1200. The lowest BCUT2D eigenvalue weighted by Crippen LogP contribution is -2.29. The van der Waals surface area contributed by atoms with Gasteiger partial charge >= 0.3 is 0 Å². The van der Waals surface area contributed by atoms with Gasteiger partial charge in [0.05, 0.1) is 18.8 Å². The lowest BCUT2D eigenvalue weighted by Gasteiger charge is -2.25. The number of nitrogens with one attached hydrogen (secondary N) is 1. The molecular weight excluding hydrogens is 390 g/mol. The zero-order valence-corrected chi connectivity index (χ0v) is 15.9. The topological polar surface area (TPSA) is 82.4 Å². The molecule has 2 aromatic carbocycles. The van der Waals surface area contributed by atoms with Crippen molar-refractivity contribution in [2.45, 2.75) is 12.6 Å². The van der Waals surface area contributed by atoms with E-state index in [0.29, 0.717) is 39.8 Å². The number of aromatic hydroxyl groups is 1. The number of rotatable bonds is 4. The first kappa shape index (κ1) is 17.6. The summed E-state index contributed by atoms with van der Waals surface area (Å²) in [6.07, 6.45) is 1.58. The van der Waals surface area contributed by atoms with Crippen molar-refractivity contribution in [3.8, 4) is 17.0 Å². The molecule has 4 aromatic rings. The fourth-order valence-corrected chi connectivity index (χ4v) is 4.03. The first-order valence-corrected chi connectivity index (χ1v) is 9.46. The average molecular weight is 406 g/mol. The molecule has 0 saturated carbocycles. The van der Waals surface area contributed by atoms with Gasteiger partial charge in [-0.05, 0) is 42.0 Å². The van der Waals surface area contributed by atoms with Crippen molar-refractivity contribution >= 4 is 17.5 Å². The Morgan fingerprint density at radius 1 is 1.14 bits per heavy atom. The van der Waals surface area contributed by atoms with Crippen LogP contribution in [0.5, 0.6) is 5.75 Å². The average Bonchev–Trinajstić information content (AvgIpc) is 3.42. The number of para-hydroxylation sites is 1. The molecule has 0 saturated heterocycles. The van der Waals surface area contributed by atoms with Gasteiger partial charge in [-0.3, -0.25) is 9.89 Å². The minimum atomic E-state index is -0.422. The number of phenols is 1. The Balaban J connectivity index is 1.69. The second-order valence-corrected chi connectivity index (χ2v) is 7.28. The van der Waals surface area contributed by atoms with E-state index >= 15 is 0 Å². The molecule has 0 bridgehead atoms. The number of aromatic nitrogens is 2. The van der Waals surface area contributed by atoms with E-state index in [-0.39, 0.29) is 11.7 Å². The summed E-state index contributed by atoms with van der Waals surface area (Å²) < 4.78 is 5.48. The minimum Gasteiger partial charge on any atom is -0.507 e. The molecule has 29 heavy (non-hydrogen) atoms. The fourth-order valence-electron chi connectivity index (χ4n) is 3.83. The van der Waals surface area contributed by atoms with Gasteiger partial charge in [0.25, 0.3) is 5.91 Å². The predicted octanol–water partition coefficient (Wildman–Crippen LogP) is 4.77. The number of carbonyl (C=O) groups is 1. The molecule has 2 N–H and O–H groups in total. The minimum absolute atomic E-state index is 0.101. The van der Waals surface area contributed by atoms with Gasteiger partial charge in [-0.25, -0.2) is 0 Å². The molecule has 1 aliphatic rings. The molecule has 3 heterocycles. The molecule has 1 aliphatic heterocycles. The summed E-state index contributed by atoms with van der Waals surface area (Å²) in [6, 6.07) is 17.6. The number of hydrogen-bond acceptors (Lipinski definition) is 4. The van der Waals surface area contributed by atoms with E-state index in [4.69, 9.17) is 16.0 Å². The number of halogens is 1. The van der Waals surface area contributed by atoms with Crippen LogP contribution in [0, 0.1) is 0 Å². The van der Waals surface area contributed by atoms with Crippen molar-refractivity contribution in [3.05, 3.63) is 94.5 Å². The molecule has 0 spiro atoms. The maximum atomic E-state index is 13.2. The standard InChI is InChI=1S/C22H16ClN3O3/c23-14-6-3-5-13(11-14)21-18-19(16-8-1-2-9-17(16)27)24-25-20(18)22(28)26(21)12-15-7-4-10-29-15/h1-11,21,27H,12H2,(H,24,25)/t21-/m0/s1. The number of benzene rings is 2. The van der Waals surface area contributed by atoms with E-state index in [1.54, 1.807) is 41.5 Å². The maximum Gasteiger partial charge on any atom is 0.273 e. The largest absolute Gasteiger partial charge is 0.507 e. The van der Waals surface area contributed by atoms with Gasteiger partial charge in [-0.2, -0.15) is 5.10 Å². The Morgan fingerprint density at radius 2 is 2.00 bits per heavy atom. The van der Waals surface area contributed by atoms with Crippen molar-refractivity contribution in [2.75, 3.05) is 0 Å². The van der Waals surface area contributed by atoms with Crippen LogP contribution in [-0.4, -0.2) is 26.1 Å². The van der Waals surface area contributed by atoms with Gasteiger partial charge in [0, 0.05) is 16.1 Å². The van der Waals surface area contributed by atoms with E-state index in [2.05, 4.69) is 10.2 Å². The number of amides is 1. The van der Waals surface area contributed by atoms with E-state index < -0.39 is 6.04 Å². The summed E-state index contributed by atoms with van der Waals surface area (Å²) in [5.41, 5.74) is 3.07. The van der Waals surface area contributed by atoms with Gasteiger partial charge in [-0.15, -0.1) is 0 Å². The van der Waals surface area contributed by atoms with E-state index in [9.17, 15) is 9.90 Å². The molecule has 5 rings (SSSR count). The number of carbonyl (C=O) groups excluding carboxylic acids is 1. The highest BCUT2D eigenvalue weighted by Gasteiger charge is 2.42. The Morgan fingerprint density at radius 3 is 2.76 bits per heavy atom. The van der Waals surface area contributed by atoms with Gasteiger partial charge in [0.15, 0.2) is 0 Å². The summed E-state index contributed by atoms with van der Waals surface area (Å²) >= 11 is 6.25. The lowest BCUT2D eigenvalue weighted by molar-refractivity contribution is 0.0717. The lowest BCUT2D eigenvalue weighted by atomic mass is 9.95. The maximum absolute atomic E-state index is 13.2. The zero-order chi connectivity index (χ0) is 20.0. The molecule has 0 fully saturated rings. The Hall–Kier alpha value is -3.51. The van der Waals surface area contributed by atoms with Gasteiger partial charge < -0.3 is 14.4 Å². The molecule has 2 aromatic heterocycles. The molecule has 0 aliphatic carbocycles. The Labute approximate surface area is 171 Å². The summed E-state index contributed by atoms with van der Waals surface area (Å²) in [7, 11) is 0. The van der Waals surface area contributed by atoms with Crippen molar-refractivity contribution in [3.63, 3.8) is 0 Å². The molecule has 0 unspecified atom stereocenters. The van der Waals surface area contributed by atoms with Crippen LogP contribution in [0.4, 0.5) is 0 Å². The van der Waals surface area contributed by atoms with E-state index in [0.717, 1.165) is 5.56 Å². The van der Waals surface area contributed by atoms with Crippen molar-refractivity contribution in [1.29, 1.82) is 0 Å². The normalized spacial score (nSPS) is 15.7. The third kappa shape index (κ3) is 2.89. The quantitative estimate of drug-likeness (QED) is 0.512. The van der Waals surface area contributed by atoms with Crippen LogP contribution in [-0.2, 0) is 6.54 Å². The number of nitrogens with zero attached hydrogens (tertiary/aromatic N) is 2. The Kier molecular flexibility index (Phi) is 4.14. The summed E-state index contributed by atoms with van der Waals surface area (Å²) in [5, 5.41) is 18.2. The highest BCUT2D eigenvalue weighted by Crippen LogP contribution is 2.45. The van der Waals surface area contributed by atoms with Gasteiger partial charge in [-0.1, -0.05) is 35.9 Å². The second-order valence-electron chi connectivity index (χ2n) is 6.85. The highest BCUT2D eigenvalue weighted by atomic mass is 35.5. The zero-order valence-electron chi connectivity index (χ0n) is 15.2. The third-order valence-electron chi connectivity index (χ3n) is 5.09. The SMILES string of the molecule is O=C1c2[nH]nc(-c3ccccc3O)c2[C@H](c2cccc(Cl)c2)N1Cc1ccco1. The predicted molar refractivity (Wildman–Crippen MR) is 108 cm³/mol. The number of hydrogen-bond donors (Lipinski definition) is 2. The van der Waals surface area contributed by atoms with Crippen LogP contribution in [0.2, 0.25) is 5.02 Å². The monoisotopic (exact) mass is 405 g/mol. The number of phenolic OH excluding ortho intramolecular Hbond substituents is 1. The molecular formula is C22H16ClN3O3. The molecule has 1 atom stereocenters. The highest BCUT2D eigenvalue weighted by molar-refractivity contribution is 6.30. The molecule has 7 heteroatoms. The van der Waals surface area contributed by atoms with E-state index in [1.165, 1.54) is 0 Å². The van der Waals surface area contributed by atoms with Gasteiger partial charge in [0.2, 0.25) is 0 Å². The molecule has 144 valence electrons. The van der Waals surface area contributed by atoms with E-state index in [1.807, 2.05) is 30.3 Å². The summed E-state index contributed by atoms with van der Waals surface area (Å²) in [6.45, 7) is 0.297. The molecule has 0 radical (unpaired) electrons. The van der Waals surface area contributed by atoms with Crippen molar-refractivity contribution in [2.24, 2.45) is 0 Å². The summed E-state index contributed by atoms with van der Waals surface area (Å²) in [5.74, 6) is 0.590. The van der Waals surface area contributed by atoms with Gasteiger partial charge in [0.1, 0.15) is 22.9 Å². The van der Waals surface area contributed by atoms with Crippen LogP contribution < -0.4 is 0 Å². The van der Waals surface area contributed by atoms with Crippen LogP contribution in [0.15, 0.2) is 71.3 Å². The number of fused-ring (bicyclic) bond motifs is 1. The first-order chi connectivity index (χ1) is 14.1. The van der Waals surface area contributed by atoms with Crippen LogP contribution in [0.25, 0.3) is 11.3 Å². The smallest absolute Gasteiger partial charge is 0.273 e. The van der Waals surface area contributed by atoms with Crippen LogP contribution in [0.3, 0.4) is 0 Å². The van der Waals surface area contributed by atoms with Crippen LogP contribution >= 0.6 is 11.6 Å². The summed E-state index contributed by atoms with van der Waals surface area (Å²) in [4.78, 5) is 15.0. The first-order valence-electron chi connectivity index (χ1n) is 9.09. The second kappa shape index (κ2) is 6.83. The number of aromatic amines is 1. The van der Waals surface area contributed by atoms with Crippen molar-refractivity contribution < 1.29 is 14.3 Å².